The second-order valence-electron chi connectivity index (χ2n) is 4.97. The lowest BCUT2D eigenvalue weighted by atomic mass is 10.1. The number of benzene rings is 1. The second kappa shape index (κ2) is 9.17. The quantitative estimate of drug-likeness (QED) is 0.446. The van der Waals surface area contributed by atoms with E-state index in [0.717, 1.165) is 16.7 Å². The van der Waals surface area contributed by atoms with Gasteiger partial charge in [-0.05, 0) is 49.7 Å². The third kappa shape index (κ3) is 6.24. The zero-order valence-electron chi connectivity index (χ0n) is 13.5. The number of ether oxygens (including phenoxy) is 3. The molecule has 1 rings (SSSR count). The summed E-state index contributed by atoms with van der Waals surface area (Å²) >= 11 is 0. The first kappa shape index (κ1) is 18.1. The van der Waals surface area contributed by atoms with Crippen LogP contribution in [-0.2, 0) is 25.7 Å². The summed E-state index contributed by atoms with van der Waals surface area (Å²) in [6, 6.07) is 3.67. The van der Waals surface area contributed by atoms with Crippen LogP contribution in [0.2, 0.25) is 0 Å². The molecule has 6 nitrogen and oxygen atoms in total. The fourth-order valence-corrected chi connectivity index (χ4v) is 1.94. The topological polar surface area (TPSA) is 73.9 Å². The smallest absolute Gasteiger partial charge is 0.337 e. The van der Waals surface area contributed by atoms with E-state index in [4.69, 9.17) is 14.2 Å². The molecular formula is C16H23NO5. The van der Waals surface area contributed by atoms with Crippen LogP contribution in [0.5, 0.6) is 5.75 Å². The van der Waals surface area contributed by atoms with Crippen LogP contribution in [0.25, 0.3) is 0 Å². The van der Waals surface area contributed by atoms with E-state index in [2.05, 4.69) is 5.32 Å². The summed E-state index contributed by atoms with van der Waals surface area (Å²) in [5, 5.41) is 2.92. The zero-order chi connectivity index (χ0) is 16.5. The Morgan fingerprint density at radius 3 is 2.36 bits per heavy atom. The molecular weight excluding hydrogens is 286 g/mol. The molecule has 0 aliphatic heterocycles. The van der Waals surface area contributed by atoms with Crippen LogP contribution in [0.3, 0.4) is 0 Å². The van der Waals surface area contributed by atoms with Crippen LogP contribution in [0.4, 0.5) is 0 Å². The van der Waals surface area contributed by atoms with Crippen molar-refractivity contribution in [3.8, 4) is 5.75 Å². The van der Waals surface area contributed by atoms with E-state index in [1.165, 1.54) is 6.92 Å². The molecule has 0 aromatic heterocycles. The van der Waals surface area contributed by atoms with Gasteiger partial charge in [0.05, 0.1) is 6.61 Å². The van der Waals surface area contributed by atoms with Crippen molar-refractivity contribution in [3.63, 3.8) is 0 Å². The molecule has 6 heteroatoms. The predicted octanol–water partition coefficient (Wildman–Crippen LogP) is 1.51. The molecule has 0 heterocycles. The minimum Gasteiger partial charge on any atom is -0.461 e. The molecule has 1 aromatic rings. The summed E-state index contributed by atoms with van der Waals surface area (Å²) in [6.45, 7) is 6.29. The highest BCUT2D eigenvalue weighted by molar-refractivity contribution is 5.74. The van der Waals surface area contributed by atoms with Crippen LogP contribution >= 0.6 is 0 Å². The SMILES string of the molecule is CNCCOCC(=O)Oc1c(C)cc(COC(C)=O)cc1C. The highest BCUT2D eigenvalue weighted by Gasteiger charge is 2.12. The van der Waals surface area contributed by atoms with Gasteiger partial charge in [-0.1, -0.05) is 0 Å². The van der Waals surface area contributed by atoms with Crippen LogP contribution in [0, 0.1) is 13.8 Å². The van der Waals surface area contributed by atoms with Crippen molar-refractivity contribution in [3.05, 3.63) is 28.8 Å². The normalized spacial score (nSPS) is 10.4. The molecule has 0 fully saturated rings. The highest BCUT2D eigenvalue weighted by atomic mass is 16.6. The molecule has 0 aliphatic rings. The Balaban J connectivity index is 2.63. The van der Waals surface area contributed by atoms with E-state index in [0.29, 0.717) is 18.9 Å². The maximum atomic E-state index is 11.7. The minimum absolute atomic E-state index is 0.0875. The fourth-order valence-electron chi connectivity index (χ4n) is 1.94. The predicted molar refractivity (Wildman–Crippen MR) is 81.8 cm³/mol. The summed E-state index contributed by atoms with van der Waals surface area (Å²) in [7, 11) is 1.81. The molecule has 1 aromatic carbocycles. The van der Waals surface area contributed by atoms with E-state index in [1.807, 2.05) is 33.0 Å². The molecule has 1 N–H and O–H groups in total. The van der Waals surface area contributed by atoms with Gasteiger partial charge in [-0.25, -0.2) is 4.79 Å². The van der Waals surface area contributed by atoms with Crippen molar-refractivity contribution in [2.45, 2.75) is 27.4 Å². The van der Waals surface area contributed by atoms with E-state index in [9.17, 15) is 9.59 Å². The highest BCUT2D eigenvalue weighted by Crippen LogP contribution is 2.25. The number of esters is 2. The summed E-state index contributed by atoms with van der Waals surface area (Å²) in [4.78, 5) is 22.6. The van der Waals surface area contributed by atoms with Gasteiger partial charge in [-0.15, -0.1) is 0 Å². The van der Waals surface area contributed by atoms with Gasteiger partial charge in [0.1, 0.15) is 19.0 Å². The number of carbonyl (C=O) groups excluding carboxylic acids is 2. The molecule has 0 saturated heterocycles. The Hall–Kier alpha value is -1.92. The molecule has 0 amide bonds. The maximum absolute atomic E-state index is 11.7. The lowest BCUT2D eigenvalue weighted by Crippen LogP contribution is -2.21. The van der Waals surface area contributed by atoms with Gasteiger partial charge in [0.15, 0.2) is 0 Å². The first-order valence-corrected chi connectivity index (χ1v) is 7.10. The number of hydrogen-bond acceptors (Lipinski definition) is 6. The Labute approximate surface area is 130 Å². The molecule has 0 radical (unpaired) electrons. The van der Waals surface area contributed by atoms with Crippen molar-refractivity contribution in [2.75, 3.05) is 26.8 Å². The van der Waals surface area contributed by atoms with Gasteiger partial charge in [0.2, 0.25) is 0 Å². The molecule has 0 bridgehead atoms. The largest absolute Gasteiger partial charge is 0.461 e. The number of carbonyl (C=O) groups is 2. The van der Waals surface area contributed by atoms with Crippen molar-refractivity contribution in [2.24, 2.45) is 0 Å². The average Bonchev–Trinajstić information content (AvgIpc) is 2.45. The first-order valence-electron chi connectivity index (χ1n) is 7.10. The van der Waals surface area contributed by atoms with Crippen LogP contribution in [0.1, 0.15) is 23.6 Å². The van der Waals surface area contributed by atoms with Crippen molar-refractivity contribution >= 4 is 11.9 Å². The molecule has 0 unspecified atom stereocenters. The van der Waals surface area contributed by atoms with Crippen molar-refractivity contribution in [1.82, 2.24) is 5.32 Å². The summed E-state index contributed by atoms with van der Waals surface area (Å²) in [6.07, 6.45) is 0. The standard InChI is InChI=1S/C16H23NO5/c1-11-7-14(9-21-13(3)18)8-12(2)16(11)22-15(19)10-20-6-5-17-4/h7-8,17H,5-6,9-10H2,1-4H3. The van der Waals surface area contributed by atoms with Crippen molar-refractivity contribution in [1.29, 1.82) is 0 Å². The Morgan fingerprint density at radius 1 is 1.18 bits per heavy atom. The lowest BCUT2D eigenvalue weighted by Gasteiger charge is -2.13. The fraction of sp³-hybridized carbons (Fsp3) is 0.500. The van der Waals surface area contributed by atoms with Gasteiger partial charge in [0.25, 0.3) is 0 Å². The van der Waals surface area contributed by atoms with E-state index >= 15 is 0 Å². The van der Waals surface area contributed by atoms with Gasteiger partial charge in [-0.2, -0.15) is 0 Å². The number of rotatable bonds is 8. The molecule has 22 heavy (non-hydrogen) atoms. The second-order valence-corrected chi connectivity index (χ2v) is 4.97. The summed E-state index contributed by atoms with van der Waals surface area (Å²) in [5.41, 5.74) is 2.48. The lowest BCUT2D eigenvalue weighted by molar-refractivity contribution is -0.142. The number of likely N-dealkylation sites (N-methyl/N-ethyl adjacent to an activating group) is 1. The Bertz CT molecular complexity index is 504. The zero-order valence-corrected chi connectivity index (χ0v) is 13.5. The molecule has 0 aliphatic carbocycles. The number of hydrogen-bond donors (Lipinski definition) is 1. The number of aryl methyl sites for hydroxylation is 2. The summed E-state index contributed by atoms with van der Waals surface area (Å²) in [5.74, 6) is -0.242. The van der Waals surface area contributed by atoms with Gasteiger partial charge < -0.3 is 19.5 Å². The van der Waals surface area contributed by atoms with Gasteiger partial charge in [-0.3, -0.25) is 4.79 Å². The molecule has 0 saturated carbocycles. The molecule has 122 valence electrons. The third-order valence-electron chi connectivity index (χ3n) is 2.89. The van der Waals surface area contributed by atoms with Crippen LogP contribution < -0.4 is 10.1 Å². The van der Waals surface area contributed by atoms with E-state index in [1.54, 1.807) is 0 Å². The summed E-state index contributed by atoms with van der Waals surface area (Å²) < 4.78 is 15.5. The van der Waals surface area contributed by atoms with Gasteiger partial charge >= 0.3 is 11.9 Å². The molecule has 0 atom stereocenters. The monoisotopic (exact) mass is 309 g/mol. The first-order chi connectivity index (χ1) is 10.4. The minimum atomic E-state index is -0.435. The number of nitrogens with one attached hydrogen (secondary N) is 1. The Kier molecular flexibility index (Phi) is 7.56. The van der Waals surface area contributed by atoms with Crippen LogP contribution in [-0.4, -0.2) is 38.7 Å². The Morgan fingerprint density at radius 2 is 1.82 bits per heavy atom. The maximum Gasteiger partial charge on any atom is 0.337 e. The van der Waals surface area contributed by atoms with Gasteiger partial charge in [0, 0.05) is 13.5 Å². The average molecular weight is 309 g/mol. The van der Waals surface area contributed by atoms with Crippen LogP contribution in [0.15, 0.2) is 12.1 Å². The third-order valence-corrected chi connectivity index (χ3v) is 2.89. The van der Waals surface area contributed by atoms with E-state index in [-0.39, 0.29) is 19.2 Å². The van der Waals surface area contributed by atoms with Crippen molar-refractivity contribution < 1.29 is 23.8 Å². The molecule has 0 spiro atoms. The van der Waals surface area contributed by atoms with E-state index < -0.39 is 5.97 Å².